The van der Waals surface area contributed by atoms with Crippen LogP contribution in [0.5, 0.6) is 0 Å². The van der Waals surface area contributed by atoms with Gasteiger partial charge in [0.15, 0.2) is 0 Å². The Kier molecular flexibility index (Phi) is 5.16. The summed E-state index contributed by atoms with van der Waals surface area (Å²) in [6.45, 7) is 2.38. The molecular formula is C16H21FN2O. The number of carbonyl (C=O) groups excluding carboxylic acids is 1. The molecular weight excluding hydrogens is 255 g/mol. The van der Waals surface area contributed by atoms with Crippen LogP contribution in [0.3, 0.4) is 0 Å². The molecule has 3 nitrogen and oxygen atoms in total. The normalized spacial score (nSPS) is 16.2. The van der Waals surface area contributed by atoms with Crippen molar-refractivity contribution in [3.63, 3.8) is 0 Å². The lowest BCUT2D eigenvalue weighted by atomic mass is 10.0. The average molecular weight is 276 g/mol. The molecule has 2 amide bonds. The predicted molar refractivity (Wildman–Crippen MR) is 77.5 cm³/mol. The van der Waals surface area contributed by atoms with Crippen LogP contribution in [0.15, 0.2) is 36.0 Å². The van der Waals surface area contributed by atoms with Crippen molar-refractivity contribution in [1.82, 2.24) is 10.6 Å². The van der Waals surface area contributed by atoms with E-state index >= 15 is 0 Å². The van der Waals surface area contributed by atoms with Gasteiger partial charge < -0.3 is 10.6 Å². The molecule has 0 aliphatic heterocycles. The molecule has 1 aliphatic rings. The van der Waals surface area contributed by atoms with E-state index in [1.807, 2.05) is 0 Å². The Morgan fingerprint density at radius 1 is 1.40 bits per heavy atom. The first kappa shape index (κ1) is 14.6. The van der Waals surface area contributed by atoms with Crippen molar-refractivity contribution < 1.29 is 9.18 Å². The van der Waals surface area contributed by atoms with E-state index in [0.29, 0.717) is 12.5 Å². The van der Waals surface area contributed by atoms with Gasteiger partial charge in [0.25, 0.3) is 0 Å². The molecule has 1 aliphatic carbocycles. The lowest BCUT2D eigenvalue weighted by Gasteiger charge is -2.10. The molecule has 4 heteroatoms. The number of hydrogen-bond acceptors (Lipinski definition) is 1. The zero-order valence-corrected chi connectivity index (χ0v) is 11.8. The maximum Gasteiger partial charge on any atom is 0.319 e. The largest absolute Gasteiger partial charge is 0.334 e. The van der Waals surface area contributed by atoms with Gasteiger partial charge in [0, 0.05) is 12.7 Å². The number of amides is 2. The van der Waals surface area contributed by atoms with E-state index in [9.17, 15) is 9.18 Å². The van der Waals surface area contributed by atoms with Gasteiger partial charge in [-0.1, -0.05) is 30.5 Å². The van der Waals surface area contributed by atoms with Crippen molar-refractivity contribution >= 4 is 6.03 Å². The Morgan fingerprint density at radius 2 is 2.15 bits per heavy atom. The van der Waals surface area contributed by atoms with Gasteiger partial charge in [-0.2, -0.15) is 0 Å². The monoisotopic (exact) mass is 276 g/mol. The Bertz CT molecular complexity index is 493. The summed E-state index contributed by atoms with van der Waals surface area (Å²) in [6, 6.07) is 5.96. The molecule has 20 heavy (non-hydrogen) atoms. The Hall–Kier alpha value is -1.84. The molecule has 2 N–H and O–H groups in total. The SMILES string of the molecule is C/C(=C\NC(=O)NCc1cccc(F)c1)C1CCCC1. The highest BCUT2D eigenvalue weighted by Gasteiger charge is 2.16. The van der Waals surface area contributed by atoms with Crippen molar-refractivity contribution in [3.05, 3.63) is 47.4 Å². The summed E-state index contributed by atoms with van der Waals surface area (Å²) in [7, 11) is 0. The lowest BCUT2D eigenvalue weighted by molar-refractivity contribution is 0.243. The van der Waals surface area contributed by atoms with E-state index in [-0.39, 0.29) is 11.8 Å². The third kappa shape index (κ3) is 4.37. The molecule has 108 valence electrons. The highest BCUT2D eigenvalue weighted by atomic mass is 19.1. The molecule has 0 atom stereocenters. The van der Waals surface area contributed by atoms with Gasteiger partial charge in [-0.05, 0) is 43.4 Å². The second-order valence-corrected chi connectivity index (χ2v) is 5.33. The predicted octanol–water partition coefficient (Wildman–Crippen LogP) is 3.72. The number of halogens is 1. The van der Waals surface area contributed by atoms with Gasteiger partial charge >= 0.3 is 6.03 Å². The summed E-state index contributed by atoms with van der Waals surface area (Å²) in [5, 5.41) is 5.45. The molecule has 0 spiro atoms. The van der Waals surface area contributed by atoms with E-state index in [1.54, 1.807) is 18.3 Å². The summed E-state index contributed by atoms with van der Waals surface area (Å²) in [5.74, 6) is 0.320. The molecule has 2 rings (SSSR count). The second kappa shape index (κ2) is 7.08. The number of nitrogens with one attached hydrogen (secondary N) is 2. The van der Waals surface area contributed by atoms with Crippen molar-refractivity contribution in [2.75, 3.05) is 0 Å². The molecule has 0 aromatic heterocycles. The standard InChI is InChI=1S/C16H21FN2O/c1-12(14-6-2-3-7-14)10-18-16(20)19-11-13-5-4-8-15(17)9-13/h4-5,8-10,14H,2-3,6-7,11H2,1H3,(H2,18,19,20)/b12-10+. The minimum absolute atomic E-state index is 0.258. The van der Waals surface area contributed by atoms with Crippen LogP contribution in [-0.2, 0) is 6.54 Å². The minimum atomic E-state index is -0.290. The third-order valence-corrected chi connectivity index (χ3v) is 3.77. The van der Waals surface area contributed by atoms with Crippen LogP contribution in [0, 0.1) is 11.7 Å². The van der Waals surface area contributed by atoms with Crippen LogP contribution in [0.2, 0.25) is 0 Å². The van der Waals surface area contributed by atoms with Gasteiger partial charge in [0.05, 0.1) is 0 Å². The summed E-state index contributed by atoms with van der Waals surface area (Å²) in [5.41, 5.74) is 1.97. The van der Waals surface area contributed by atoms with Crippen LogP contribution in [0.1, 0.15) is 38.2 Å². The van der Waals surface area contributed by atoms with Crippen LogP contribution in [0.25, 0.3) is 0 Å². The third-order valence-electron chi connectivity index (χ3n) is 3.77. The van der Waals surface area contributed by atoms with Crippen molar-refractivity contribution in [1.29, 1.82) is 0 Å². The summed E-state index contributed by atoms with van der Waals surface area (Å²) in [4.78, 5) is 11.7. The maximum atomic E-state index is 13.0. The van der Waals surface area contributed by atoms with E-state index in [0.717, 1.165) is 5.56 Å². The first-order valence-corrected chi connectivity index (χ1v) is 7.10. The first-order valence-electron chi connectivity index (χ1n) is 7.10. The van der Waals surface area contributed by atoms with Crippen molar-refractivity contribution in [2.45, 2.75) is 39.2 Å². The van der Waals surface area contributed by atoms with Crippen molar-refractivity contribution in [2.24, 2.45) is 5.92 Å². The lowest BCUT2D eigenvalue weighted by Crippen LogP contribution is -2.32. The highest BCUT2D eigenvalue weighted by molar-refractivity contribution is 5.74. The maximum absolute atomic E-state index is 13.0. The zero-order chi connectivity index (χ0) is 14.4. The minimum Gasteiger partial charge on any atom is -0.334 e. The quantitative estimate of drug-likeness (QED) is 0.864. The molecule has 0 bridgehead atoms. The molecule has 1 saturated carbocycles. The van der Waals surface area contributed by atoms with E-state index in [4.69, 9.17) is 0 Å². The number of hydrogen-bond donors (Lipinski definition) is 2. The Balaban J connectivity index is 1.76. The van der Waals surface area contributed by atoms with Gasteiger partial charge in [0.1, 0.15) is 5.82 Å². The Morgan fingerprint density at radius 3 is 2.85 bits per heavy atom. The second-order valence-electron chi connectivity index (χ2n) is 5.33. The molecule has 0 saturated heterocycles. The number of carbonyl (C=O) groups is 1. The number of benzene rings is 1. The van der Waals surface area contributed by atoms with Crippen LogP contribution < -0.4 is 10.6 Å². The summed E-state index contributed by atoms with van der Waals surface area (Å²) in [6.07, 6.45) is 6.78. The molecule has 1 aromatic rings. The fourth-order valence-electron chi connectivity index (χ4n) is 2.56. The molecule has 1 aromatic carbocycles. The molecule has 0 radical (unpaired) electrons. The van der Waals surface area contributed by atoms with Crippen molar-refractivity contribution in [3.8, 4) is 0 Å². The van der Waals surface area contributed by atoms with Crippen LogP contribution in [0.4, 0.5) is 9.18 Å². The van der Waals surface area contributed by atoms with E-state index in [1.165, 1.54) is 43.4 Å². The van der Waals surface area contributed by atoms with E-state index < -0.39 is 0 Å². The molecule has 1 fully saturated rings. The number of allylic oxidation sites excluding steroid dienone is 1. The smallest absolute Gasteiger partial charge is 0.319 e. The van der Waals surface area contributed by atoms with Crippen LogP contribution >= 0.6 is 0 Å². The number of rotatable bonds is 4. The average Bonchev–Trinajstić information content (AvgIpc) is 2.97. The van der Waals surface area contributed by atoms with Gasteiger partial charge in [0.2, 0.25) is 0 Å². The van der Waals surface area contributed by atoms with Gasteiger partial charge in [-0.25, -0.2) is 9.18 Å². The van der Waals surface area contributed by atoms with Gasteiger partial charge in [-0.15, -0.1) is 0 Å². The first-order chi connectivity index (χ1) is 9.65. The fraction of sp³-hybridized carbons (Fsp3) is 0.438. The molecule has 0 unspecified atom stereocenters. The topological polar surface area (TPSA) is 41.1 Å². The van der Waals surface area contributed by atoms with E-state index in [2.05, 4.69) is 17.6 Å². The Labute approximate surface area is 119 Å². The summed E-state index contributed by atoms with van der Waals surface area (Å²) < 4.78 is 13.0. The fourth-order valence-corrected chi connectivity index (χ4v) is 2.56. The number of urea groups is 1. The molecule has 0 heterocycles. The van der Waals surface area contributed by atoms with Gasteiger partial charge in [-0.3, -0.25) is 0 Å². The summed E-state index contributed by atoms with van der Waals surface area (Å²) >= 11 is 0. The highest BCUT2D eigenvalue weighted by Crippen LogP contribution is 2.30. The van der Waals surface area contributed by atoms with Crippen LogP contribution in [-0.4, -0.2) is 6.03 Å². The zero-order valence-electron chi connectivity index (χ0n) is 11.8.